The minimum atomic E-state index is -0.228. The van der Waals surface area contributed by atoms with Gasteiger partial charge in [-0.05, 0) is 11.6 Å². The minimum absolute atomic E-state index is 0.228. The zero-order valence-electron chi connectivity index (χ0n) is 8.73. The van der Waals surface area contributed by atoms with Crippen molar-refractivity contribution in [2.45, 2.75) is 13.0 Å². The van der Waals surface area contributed by atoms with E-state index < -0.39 is 0 Å². The minimum Gasteiger partial charge on any atom is -0.326 e. The quantitative estimate of drug-likeness (QED) is 0.850. The zero-order chi connectivity index (χ0) is 11.4. The molecule has 1 aromatic heterocycles. The van der Waals surface area contributed by atoms with E-state index >= 15 is 0 Å². The fourth-order valence-corrected chi connectivity index (χ4v) is 1.39. The van der Waals surface area contributed by atoms with Crippen LogP contribution < -0.4 is 5.73 Å². The fraction of sp³-hybridized carbons (Fsp3) is 0.167. The molecule has 1 aromatic carbocycles. The lowest BCUT2D eigenvalue weighted by Crippen LogP contribution is -2.02. The molecule has 2 rings (SSSR count). The van der Waals surface area contributed by atoms with Gasteiger partial charge in [-0.15, -0.1) is 0 Å². The van der Waals surface area contributed by atoms with Crippen LogP contribution in [0.5, 0.6) is 0 Å². The van der Waals surface area contributed by atoms with E-state index in [1.807, 2.05) is 0 Å². The lowest BCUT2D eigenvalue weighted by Gasteiger charge is -2.02. The van der Waals surface area contributed by atoms with Gasteiger partial charge in [0.15, 0.2) is 0 Å². The standard InChI is InChI=1S/C12H12FN3/c13-11-4-2-1-3-10(11)5-12-15-7-9(6-14)8-16-12/h1-4,7-8H,5-6,14H2. The van der Waals surface area contributed by atoms with E-state index in [4.69, 9.17) is 5.73 Å². The highest BCUT2D eigenvalue weighted by Crippen LogP contribution is 2.10. The van der Waals surface area contributed by atoms with Gasteiger partial charge in [0.2, 0.25) is 0 Å². The van der Waals surface area contributed by atoms with Crippen molar-refractivity contribution in [3.8, 4) is 0 Å². The summed E-state index contributed by atoms with van der Waals surface area (Å²) in [5.41, 5.74) is 6.91. The Kier molecular flexibility index (Phi) is 3.22. The van der Waals surface area contributed by atoms with E-state index in [0.29, 0.717) is 24.4 Å². The first kappa shape index (κ1) is 10.7. The maximum Gasteiger partial charge on any atom is 0.132 e. The van der Waals surface area contributed by atoms with Crippen molar-refractivity contribution in [3.63, 3.8) is 0 Å². The molecule has 0 amide bonds. The van der Waals surface area contributed by atoms with Gasteiger partial charge in [0.25, 0.3) is 0 Å². The Labute approximate surface area is 93.2 Å². The second-order valence-electron chi connectivity index (χ2n) is 3.48. The molecule has 0 aliphatic carbocycles. The molecule has 2 N–H and O–H groups in total. The van der Waals surface area contributed by atoms with Crippen LogP contribution in [-0.2, 0) is 13.0 Å². The molecule has 0 bridgehead atoms. The number of hydrogen-bond acceptors (Lipinski definition) is 3. The second-order valence-corrected chi connectivity index (χ2v) is 3.48. The Morgan fingerprint density at radius 1 is 1.12 bits per heavy atom. The first-order valence-corrected chi connectivity index (χ1v) is 5.03. The Bertz CT molecular complexity index is 468. The second kappa shape index (κ2) is 4.81. The molecule has 4 heteroatoms. The molecular weight excluding hydrogens is 205 g/mol. The van der Waals surface area contributed by atoms with Gasteiger partial charge in [-0.25, -0.2) is 14.4 Å². The SMILES string of the molecule is NCc1cnc(Cc2ccccc2F)nc1. The van der Waals surface area contributed by atoms with Crippen LogP contribution in [0, 0.1) is 5.82 Å². The van der Waals surface area contributed by atoms with Gasteiger partial charge < -0.3 is 5.73 Å². The molecule has 3 nitrogen and oxygen atoms in total. The molecule has 82 valence electrons. The fourth-order valence-electron chi connectivity index (χ4n) is 1.39. The highest BCUT2D eigenvalue weighted by Gasteiger charge is 2.04. The van der Waals surface area contributed by atoms with Crippen molar-refractivity contribution < 1.29 is 4.39 Å². The average molecular weight is 217 g/mol. The van der Waals surface area contributed by atoms with E-state index in [-0.39, 0.29) is 5.82 Å². The van der Waals surface area contributed by atoms with Crippen LogP contribution in [0.4, 0.5) is 4.39 Å². The van der Waals surface area contributed by atoms with Crippen LogP contribution in [0.15, 0.2) is 36.7 Å². The third-order valence-electron chi connectivity index (χ3n) is 2.30. The normalized spacial score (nSPS) is 10.4. The summed E-state index contributed by atoms with van der Waals surface area (Å²) in [6.45, 7) is 0.417. The molecule has 0 saturated heterocycles. The molecular formula is C12H12FN3. The predicted molar refractivity (Wildman–Crippen MR) is 59.1 cm³/mol. The van der Waals surface area contributed by atoms with E-state index in [1.165, 1.54) is 6.07 Å². The molecule has 0 saturated carbocycles. The third kappa shape index (κ3) is 2.41. The van der Waals surface area contributed by atoms with Gasteiger partial charge in [0.05, 0.1) is 0 Å². The monoisotopic (exact) mass is 217 g/mol. The summed E-state index contributed by atoms with van der Waals surface area (Å²) in [5.74, 6) is 0.372. The van der Waals surface area contributed by atoms with Crippen LogP contribution in [-0.4, -0.2) is 9.97 Å². The first-order valence-electron chi connectivity index (χ1n) is 5.03. The lowest BCUT2D eigenvalue weighted by molar-refractivity contribution is 0.612. The third-order valence-corrected chi connectivity index (χ3v) is 2.30. The highest BCUT2D eigenvalue weighted by atomic mass is 19.1. The van der Waals surface area contributed by atoms with Crippen molar-refractivity contribution in [1.29, 1.82) is 0 Å². The van der Waals surface area contributed by atoms with E-state index in [9.17, 15) is 4.39 Å². The summed E-state index contributed by atoms with van der Waals surface area (Å²) in [6, 6.07) is 6.63. The topological polar surface area (TPSA) is 51.8 Å². The maximum absolute atomic E-state index is 13.3. The number of benzene rings is 1. The molecule has 0 aliphatic heterocycles. The summed E-state index contributed by atoms with van der Waals surface area (Å²) in [7, 11) is 0. The van der Waals surface area contributed by atoms with Gasteiger partial charge in [0.1, 0.15) is 11.6 Å². The number of nitrogens with two attached hydrogens (primary N) is 1. The summed E-state index contributed by atoms with van der Waals surface area (Å²) < 4.78 is 13.3. The number of aromatic nitrogens is 2. The van der Waals surface area contributed by atoms with Gasteiger partial charge >= 0.3 is 0 Å². The molecule has 2 aromatic rings. The number of hydrogen-bond donors (Lipinski definition) is 1. The molecule has 0 aliphatic rings. The zero-order valence-corrected chi connectivity index (χ0v) is 8.73. The lowest BCUT2D eigenvalue weighted by atomic mass is 10.1. The Morgan fingerprint density at radius 3 is 2.44 bits per heavy atom. The molecule has 1 heterocycles. The van der Waals surface area contributed by atoms with Gasteiger partial charge in [0, 0.05) is 30.9 Å². The van der Waals surface area contributed by atoms with Crippen LogP contribution in [0.1, 0.15) is 17.0 Å². The van der Waals surface area contributed by atoms with Gasteiger partial charge in [-0.3, -0.25) is 0 Å². The van der Waals surface area contributed by atoms with Crippen molar-refractivity contribution in [2.24, 2.45) is 5.73 Å². The Hall–Kier alpha value is -1.81. The van der Waals surface area contributed by atoms with Crippen molar-refractivity contribution in [2.75, 3.05) is 0 Å². The van der Waals surface area contributed by atoms with Crippen LogP contribution in [0.25, 0.3) is 0 Å². The average Bonchev–Trinajstić information content (AvgIpc) is 2.33. The van der Waals surface area contributed by atoms with Crippen molar-refractivity contribution in [1.82, 2.24) is 9.97 Å². The molecule has 0 radical (unpaired) electrons. The van der Waals surface area contributed by atoms with E-state index in [1.54, 1.807) is 30.6 Å². The van der Waals surface area contributed by atoms with Gasteiger partial charge in [-0.2, -0.15) is 0 Å². The van der Waals surface area contributed by atoms with E-state index in [0.717, 1.165) is 5.56 Å². The summed E-state index contributed by atoms with van der Waals surface area (Å²) in [6.07, 6.45) is 3.74. The largest absolute Gasteiger partial charge is 0.326 e. The molecule has 0 fully saturated rings. The number of halogens is 1. The van der Waals surface area contributed by atoms with Crippen LogP contribution in [0.3, 0.4) is 0 Å². The van der Waals surface area contributed by atoms with Crippen molar-refractivity contribution >= 4 is 0 Å². The van der Waals surface area contributed by atoms with Crippen LogP contribution in [0.2, 0.25) is 0 Å². The first-order chi connectivity index (χ1) is 7.79. The Balaban J connectivity index is 2.18. The number of nitrogens with zero attached hydrogens (tertiary/aromatic N) is 2. The summed E-state index contributed by atoms with van der Waals surface area (Å²) in [5, 5.41) is 0. The summed E-state index contributed by atoms with van der Waals surface area (Å²) >= 11 is 0. The summed E-state index contributed by atoms with van der Waals surface area (Å²) in [4.78, 5) is 8.26. The molecule has 0 spiro atoms. The maximum atomic E-state index is 13.3. The van der Waals surface area contributed by atoms with Crippen LogP contribution >= 0.6 is 0 Å². The molecule has 0 atom stereocenters. The smallest absolute Gasteiger partial charge is 0.132 e. The molecule has 16 heavy (non-hydrogen) atoms. The number of rotatable bonds is 3. The Morgan fingerprint density at radius 2 is 1.81 bits per heavy atom. The van der Waals surface area contributed by atoms with Gasteiger partial charge in [-0.1, -0.05) is 18.2 Å². The predicted octanol–water partition coefficient (Wildman–Crippen LogP) is 1.67. The van der Waals surface area contributed by atoms with E-state index in [2.05, 4.69) is 9.97 Å². The highest BCUT2D eigenvalue weighted by molar-refractivity contribution is 5.21. The van der Waals surface area contributed by atoms with Crippen molar-refractivity contribution in [3.05, 3.63) is 59.4 Å². The molecule has 0 unspecified atom stereocenters.